The second-order valence-electron chi connectivity index (χ2n) is 3.96. The minimum atomic E-state index is -3.12. The van der Waals surface area contributed by atoms with E-state index in [9.17, 15) is 13.2 Å². The summed E-state index contributed by atoms with van der Waals surface area (Å²) in [5.74, 6) is -3.62. The second-order valence-corrected chi connectivity index (χ2v) is 4.88. The average molecular weight is 331 g/mol. The van der Waals surface area contributed by atoms with Gasteiger partial charge in [-0.2, -0.15) is 8.78 Å². The molecule has 5 heteroatoms. The summed E-state index contributed by atoms with van der Waals surface area (Å²) in [6.45, 7) is -0.840. The average Bonchev–Trinajstić information content (AvgIpc) is 2.37. The molecule has 100 valence electrons. The van der Waals surface area contributed by atoms with Crippen molar-refractivity contribution in [1.82, 2.24) is 0 Å². The molecule has 0 saturated heterocycles. The molecule has 19 heavy (non-hydrogen) atoms. The van der Waals surface area contributed by atoms with Crippen LogP contribution >= 0.6 is 15.9 Å². The van der Waals surface area contributed by atoms with E-state index in [4.69, 9.17) is 4.74 Å². The first-order valence-corrected chi connectivity index (χ1v) is 6.29. The van der Waals surface area contributed by atoms with Crippen LogP contribution in [0.2, 0.25) is 0 Å². The van der Waals surface area contributed by atoms with Crippen molar-refractivity contribution in [2.24, 2.45) is 0 Å². The van der Waals surface area contributed by atoms with Gasteiger partial charge in [-0.05, 0) is 12.1 Å². The lowest BCUT2D eigenvalue weighted by molar-refractivity contribution is -0.0468. The molecule has 0 fully saturated rings. The van der Waals surface area contributed by atoms with E-state index < -0.39 is 18.3 Å². The maximum Gasteiger partial charge on any atom is 0.306 e. The summed E-state index contributed by atoms with van der Waals surface area (Å²) in [5.41, 5.74) is -0.134. The normalized spacial score (nSPS) is 11.4. The molecule has 0 aliphatic carbocycles. The third kappa shape index (κ3) is 3.73. The van der Waals surface area contributed by atoms with E-state index in [1.807, 2.05) is 0 Å². The van der Waals surface area contributed by atoms with Gasteiger partial charge in [0.2, 0.25) is 0 Å². The van der Waals surface area contributed by atoms with E-state index in [0.29, 0.717) is 4.47 Å². The van der Waals surface area contributed by atoms with Gasteiger partial charge in [-0.1, -0.05) is 46.3 Å². The van der Waals surface area contributed by atoms with E-state index in [0.717, 1.165) is 6.07 Å². The Balaban J connectivity index is 2.09. The Morgan fingerprint density at radius 1 is 1.05 bits per heavy atom. The number of halogens is 4. The van der Waals surface area contributed by atoms with Gasteiger partial charge in [-0.25, -0.2) is 4.39 Å². The van der Waals surface area contributed by atoms with E-state index >= 15 is 0 Å². The molecule has 0 aliphatic heterocycles. The van der Waals surface area contributed by atoms with Gasteiger partial charge in [0.25, 0.3) is 0 Å². The van der Waals surface area contributed by atoms with Crippen LogP contribution in [0.25, 0.3) is 0 Å². The monoisotopic (exact) mass is 330 g/mol. The van der Waals surface area contributed by atoms with Crippen LogP contribution in [-0.4, -0.2) is 6.61 Å². The topological polar surface area (TPSA) is 9.23 Å². The molecule has 0 aliphatic rings. The first kappa shape index (κ1) is 13.9. The summed E-state index contributed by atoms with van der Waals surface area (Å²) in [6.07, 6.45) is 0. The molecular formula is C14H10BrF3O. The molecule has 0 amide bonds. The number of alkyl halides is 2. The number of benzene rings is 2. The first-order chi connectivity index (χ1) is 8.97. The van der Waals surface area contributed by atoms with E-state index in [1.165, 1.54) is 36.4 Å². The highest BCUT2D eigenvalue weighted by Crippen LogP contribution is 2.29. The second kappa shape index (κ2) is 5.65. The molecule has 0 saturated carbocycles. The first-order valence-electron chi connectivity index (χ1n) is 5.50. The lowest BCUT2D eigenvalue weighted by Gasteiger charge is -2.17. The number of ether oxygens (including phenoxy) is 1. The van der Waals surface area contributed by atoms with Crippen LogP contribution in [0.4, 0.5) is 13.2 Å². The largest absolute Gasteiger partial charge is 0.487 e. The number of hydrogen-bond donors (Lipinski definition) is 0. The SMILES string of the molecule is Fc1cc(Br)cc(OCC(F)(F)c2ccccc2)c1. The lowest BCUT2D eigenvalue weighted by atomic mass is 10.1. The Bertz CT molecular complexity index is 538. The lowest BCUT2D eigenvalue weighted by Crippen LogP contribution is -2.23. The minimum Gasteiger partial charge on any atom is -0.487 e. The third-order valence-electron chi connectivity index (χ3n) is 2.45. The summed E-state index contributed by atoms with van der Waals surface area (Å²) >= 11 is 3.07. The van der Waals surface area contributed by atoms with Gasteiger partial charge in [-0.3, -0.25) is 0 Å². The fourth-order valence-corrected chi connectivity index (χ4v) is 2.00. The highest BCUT2D eigenvalue weighted by Gasteiger charge is 2.32. The third-order valence-corrected chi connectivity index (χ3v) is 2.91. The predicted molar refractivity (Wildman–Crippen MR) is 69.9 cm³/mol. The van der Waals surface area contributed by atoms with Gasteiger partial charge in [0.1, 0.15) is 11.6 Å². The molecule has 0 N–H and O–H groups in total. The van der Waals surface area contributed by atoms with Crippen LogP contribution in [-0.2, 0) is 5.92 Å². The maximum atomic E-state index is 13.8. The Morgan fingerprint density at radius 3 is 2.37 bits per heavy atom. The van der Waals surface area contributed by atoms with Crippen LogP contribution in [0.5, 0.6) is 5.75 Å². The van der Waals surface area contributed by atoms with Crippen molar-refractivity contribution in [1.29, 1.82) is 0 Å². The molecule has 0 atom stereocenters. The summed E-state index contributed by atoms with van der Waals surface area (Å²) in [6, 6.07) is 11.1. The van der Waals surface area contributed by atoms with Gasteiger partial charge < -0.3 is 4.74 Å². The zero-order valence-corrected chi connectivity index (χ0v) is 11.3. The fraction of sp³-hybridized carbons (Fsp3) is 0.143. The molecule has 0 aromatic heterocycles. The Morgan fingerprint density at radius 2 is 1.74 bits per heavy atom. The van der Waals surface area contributed by atoms with E-state index in [-0.39, 0.29) is 11.3 Å². The van der Waals surface area contributed by atoms with Crippen LogP contribution in [0.1, 0.15) is 5.56 Å². The van der Waals surface area contributed by atoms with Gasteiger partial charge in [0.05, 0.1) is 0 Å². The van der Waals surface area contributed by atoms with Crippen molar-refractivity contribution in [2.75, 3.05) is 6.61 Å². The standard InChI is InChI=1S/C14H10BrF3O/c15-11-6-12(16)8-13(7-11)19-9-14(17,18)10-4-2-1-3-5-10/h1-8H,9H2. The van der Waals surface area contributed by atoms with Gasteiger partial charge in [-0.15, -0.1) is 0 Å². The zero-order valence-electron chi connectivity index (χ0n) is 9.75. The van der Waals surface area contributed by atoms with Crippen molar-refractivity contribution in [3.05, 3.63) is 64.4 Å². The van der Waals surface area contributed by atoms with Crippen molar-refractivity contribution >= 4 is 15.9 Å². The molecular weight excluding hydrogens is 321 g/mol. The molecule has 0 heterocycles. The van der Waals surface area contributed by atoms with Gasteiger partial charge >= 0.3 is 5.92 Å². The summed E-state index contributed by atoms with van der Waals surface area (Å²) in [5, 5.41) is 0. The fourth-order valence-electron chi connectivity index (χ4n) is 1.55. The van der Waals surface area contributed by atoms with Crippen molar-refractivity contribution in [3.63, 3.8) is 0 Å². The molecule has 2 aromatic carbocycles. The van der Waals surface area contributed by atoms with Crippen molar-refractivity contribution < 1.29 is 17.9 Å². The molecule has 0 bridgehead atoms. The van der Waals surface area contributed by atoms with Gasteiger partial charge in [0, 0.05) is 16.1 Å². The van der Waals surface area contributed by atoms with E-state index in [2.05, 4.69) is 15.9 Å². The molecule has 0 radical (unpaired) electrons. The maximum absolute atomic E-state index is 13.8. The Kier molecular flexibility index (Phi) is 4.14. The summed E-state index contributed by atoms with van der Waals surface area (Å²) < 4.78 is 46.1. The molecule has 0 unspecified atom stereocenters. The molecule has 2 rings (SSSR count). The quantitative estimate of drug-likeness (QED) is 0.785. The Labute approximate surface area is 117 Å². The van der Waals surface area contributed by atoms with E-state index in [1.54, 1.807) is 6.07 Å². The molecule has 2 aromatic rings. The summed E-state index contributed by atoms with van der Waals surface area (Å²) in [7, 11) is 0. The van der Waals surface area contributed by atoms with Crippen LogP contribution in [0, 0.1) is 5.82 Å². The number of rotatable bonds is 4. The smallest absolute Gasteiger partial charge is 0.306 e. The van der Waals surface area contributed by atoms with Crippen LogP contribution in [0.3, 0.4) is 0 Å². The van der Waals surface area contributed by atoms with Gasteiger partial charge in [0.15, 0.2) is 6.61 Å². The highest BCUT2D eigenvalue weighted by atomic mass is 79.9. The van der Waals surface area contributed by atoms with Crippen molar-refractivity contribution in [2.45, 2.75) is 5.92 Å². The predicted octanol–water partition coefficient (Wildman–Crippen LogP) is 4.76. The molecule has 0 spiro atoms. The van der Waals surface area contributed by atoms with Crippen molar-refractivity contribution in [3.8, 4) is 5.75 Å². The van der Waals surface area contributed by atoms with Crippen LogP contribution in [0.15, 0.2) is 53.0 Å². The minimum absolute atomic E-state index is 0.0579. The summed E-state index contributed by atoms with van der Waals surface area (Å²) in [4.78, 5) is 0. The zero-order chi connectivity index (χ0) is 13.9. The molecule has 1 nitrogen and oxygen atoms in total. The van der Waals surface area contributed by atoms with Crippen LogP contribution < -0.4 is 4.74 Å². The Hall–Kier alpha value is -1.49. The number of hydrogen-bond acceptors (Lipinski definition) is 1. The highest BCUT2D eigenvalue weighted by molar-refractivity contribution is 9.10.